The first-order chi connectivity index (χ1) is 13.7. The van der Waals surface area contributed by atoms with Crippen molar-refractivity contribution in [2.24, 2.45) is 0 Å². The van der Waals surface area contributed by atoms with Crippen molar-refractivity contribution in [3.8, 4) is 11.5 Å². The van der Waals surface area contributed by atoms with Gasteiger partial charge in [0, 0.05) is 24.0 Å². The fourth-order valence-corrected chi connectivity index (χ4v) is 2.96. The molecule has 2 aromatic carbocycles. The third-order valence-electron chi connectivity index (χ3n) is 4.31. The number of aromatic nitrogens is 2. The van der Waals surface area contributed by atoms with Crippen molar-refractivity contribution in [3.05, 3.63) is 66.6 Å². The summed E-state index contributed by atoms with van der Waals surface area (Å²) in [5.41, 5.74) is 1.92. The van der Waals surface area contributed by atoms with Crippen LogP contribution in [-0.4, -0.2) is 35.6 Å². The van der Waals surface area contributed by atoms with Crippen molar-refractivity contribution in [3.63, 3.8) is 0 Å². The predicted molar refractivity (Wildman–Crippen MR) is 107 cm³/mol. The average Bonchev–Trinajstić information content (AvgIpc) is 2.75. The molecule has 142 valence electrons. The number of carbonyl (C=O) groups is 1. The Morgan fingerprint density at radius 2 is 1.82 bits per heavy atom. The molecule has 0 saturated carbocycles. The second-order valence-corrected chi connectivity index (χ2v) is 6.16. The fraction of sp³-hybridized carbons (Fsp3) is 0.190. The molecule has 0 aliphatic carbocycles. The van der Waals surface area contributed by atoms with Gasteiger partial charge in [-0.15, -0.1) is 0 Å². The number of nitrogens with zero attached hydrogens (tertiary/aromatic N) is 3. The largest absolute Gasteiger partial charge is 0.486 e. The highest BCUT2D eigenvalue weighted by molar-refractivity contribution is 6.04. The lowest BCUT2D eigenvalue weighted by molar-refractivity contribution is 0.0983. The van der Waals surface area contributed by atoms with E-state index in [4.69, 9.17) is 9.47 Å². The topological polar surface area (TPSA) is 76.6 Å². The average molecular weight is 376 g/mol. The smallest absolute Gasteiger partial charge is 0.278 e. The zero-order chi connectivity index (χ0) is 19.3. The summed E-state index contributed by atoms with van der Waals surface area (Å²) in [6.45, 7) is 3.55. The molecule has 0 saturated heterocycles. The number of benzene rings is 2. The van der Waals surface area contributed by atoms with E-state index in [-0.39, 0.29) is 5.91 Å². The van der Waals surface area contributed by atoms with Crippen molar-refractivity contribution >= 4 is 23.1 Å². The Hall–Kier alpha value is -3.61. The number of para-hydroxylation sites is 1. The van der Waals surface area contributed by atoms with Gasteiger partial charge in [0.05, 0.1) is 12.4 Å². The molecule has 0 fully saturated rings. The van der Waals surface area contributed by atoms with E-state index < -0.39 is 0 Å². The van der Waals surface area contributed by atoms with Gasteiger partial charge in [-0.3, -0.25) is 4.79 Å². The molecule has 7 heteroatoms. The third kappa shape index (κ3) is 3.73. The van der Waals surface area contributed by atoms with E-state index in [1.165, 1.54) is 6.20 Å². The monoisotopic (exact) mass is 376 g/mol. The minimum Gasteiger partial charge on any atom is -0.486 e. The first kappa shape index (κ1) is 17.8. The molecule has 3 aromatic rings. The molecule has 7 nitrogen and oxygen atoms in total. The summed E-state index contributed by atoms with van der Waals surface area (Å²) in [5, 5.41) is 3.16. The number of hydrogen-bond donors (Lipinski definition) is 1. The van der Waals surface area contributed by atoms with E-state index in [0.717, 1.165) is 17.1 Å². The summed E-state index contributed by atoms with van der Waals surface area (Å²) in [6, 6.07) is 15.1. The highest BCUT2D eigenvalue weighted by Gasteiger charge is 2.18. The summed E-state index contributed by atoms with van der Waals surface area (Å²) in [6.07, 6.45) is 3.02. The van der Waals surface area contributed by atoms with Gasteiger partial charge in [0.25, 0.3) is 5.91 Å². The SMILES string of the molecule is CCN(C(=O)c1cnc(Nc2ccc3c(c2)OCCO3)cn1)c1ccccc1. The van der Waals surface area contributed by atoms with Gasteiger partial charge in [-0.25, -0.2) is 9.97 Å². The third-order valence-corrected chi connectivity index (χ3v) is 4.31. The Kier molecular flexibility index (Phi) is 5.05. The van der Waals surface area contributed by atoms with Crippen LogP contribution >= 0.6 is 0 Å². The van der Waals surface area contributed by atoms with E-state index in [1.54, 1.807) is 11.1 Å². The van der Waals surface area contributed by atoms with Crippen molar-refractivity contribution in [1.29, 1.82) is 0 Å². The van der Waals surface area contributed by atoms with Crippen molar-refractivity contribution < 1.29 is 14.3 Å². The van der Waals surface area contributed by atoms with Crippen LogP contribution in [0.5, 0.6) is 11.5 Å². The van der Waals surface area contributed by atoms with Crippen LogP contribution in [0.3, 0.4) is 0 Å². The van der Waals surface area contributed by atoms with Crippen LogP contribution in [-0.2, 0) is 0 Å². The normalized spacial score (nSPS) is 12.3. The first-order valence-electron chi connectivity index (χ1n) is 9.10. The van der Waals surface area contributed by atoms with Crippen LogP contribution in [0.1, 0.15) is 17.4 Å². The van der Waals surface area contributed by atoms with Crippen LogP contribution < -0.4 is 19.7 Å². The maximum absolute atomic E-state index is 12.8. The minimum atomic E-state index is -0.188. The van der Waals surface area contributed by atoms with Crippen LogP contribution in [0, 0.1) is 0 Å². The van der Waals surface area contributed by atoms with Crippen molar-refractivity contribution in [1.82, 2.24) is 9.97 Å². The molecule has 0 unspecified atom stereocenters. The van der Waals surface area contributed by atoms with Gasteiger partial charge in [0.2, 0.25) is 0 Å². The molecule has 1 amide bonds. The maximum atomic E-state index is 12.8. The molecule has 0 atom stereocenters. The van der Waals surface area contributed by atoms with Gasteiger partial charge >= 0.3 is 0 Å². The zero-order valence-corrected chi connectivity index (χ0v) is 15.5. The van der Waals surface area contributed by atoms with Crippen LogP contribution in [0.2, 0.25) is 0 Å². The van der Waals surface area contributed by atoms with Gasteiger partial charge < -0.3 is 19.7 Å². The quantitative estimate of drug-likeness (QED) is 0.732. The summed E-state index contributed by atoms with van der Waals surface area (Å²) >= 11 is 0. The molecule has 1 aliphatic heterocycles. The number of rotatable bonds is 5. The Labute approximate surface area is 163 Å². The van der Waals surface area contributed by atoms with Crippen molar-refractivity contribution in [2.45, 2.75) is 6.92 Å². The maximum Gasteiger partial charge on any atom is 0.278 e. The molecule has 2 heterocycles. The molecule has 28 heavy (non-hydrogen) atoms. The van der Waals surface area contributed by atoms with E-state index in [0.29, 0.717) is 37.0 Å². The summed E-state index contributed by atoms with van der Waals surface area (Å²) in [4.78, 5) is 23.1. The molecule has 1 aliphatic rings. The Balaban J connectivity index is 1.48. The van der Waals surface area contributed by atoms with E-state index >= 15 is 0 Å². The molecule has 1 aromatic heterocycles. The van der Waals surface area contributed by atoms with Crippen LogP contribution in [0.4, 0.5) is 17.2 Å². The predicted octanol–water partition coefficient (Wildman–Crippen LogP) is 3.66. The molecule has 4 rings (SSSR count). The first-order valence-corrected chi connectivity index (χ1v) is 9.10. The van der Waals surface area contributed by atoms with Gasteiger partial charge in [-0.2, -0.15) is 0 Å². The number of ether oxygens (including phenoxy) is 2. The Bertz CT molecular complexity index is 961. The number of hydrogen-bond acceptors (Lipinski definition) is 6. The molecule has 0 bridgehead atoms. The summed E-state index contributed by atoms with van der Waals surface area (Å²) in [7, 11) is 0. The van der Waals surface area contributed by atoms with Crippen molar-refractivity contribution in [2.75, 3.05) is 30.0 Å². The Morgan fingerprint density at radius 3 is 2.54 bits per heavy atom. The van der Waals surface area contributed by atoms with E-state index in [9.17, 15) is 4.79 Å². The second kappa shape index (κ2) is 7.96. The lowest BCUT2D eigenvalue weighted by Gasteiger charge is -2.20. The number of anilines is 3. The number of amides is 1. The van der Waals surface area contributed by atoms with E-state index in [2.05, 4.69) is 15.3 Å². The van der Waals surface area contributed by atoms with Gasteiger partial charge in [0.1, 0.15) is 24.7 Å². The lowest BCUT2D eigenvalue weighted by atomic mass is 10.2. The molecular weight excluding hydrogens is 356 g/mol. The zero-order valence-electron chi connectivity index (χ0n) is 15.5. The standard InChI is InChI=1S/C21H20N4O3/c1-2-25(16-6-4-3-5-7-16)21(26)17-13-23-20(14-22-17)24-15-8-9-18-19(12-15)28-11-10-27-18/h3-9,12-14H,2,10-11H2,1H3,(H,23,24). The number of nitrogens with one attached hydrogen (secondary N) is 1. The molecule has 0 spiro atoms. The van der Waals surface area contributed by atoms with Gasteiger partial charge in [-0.05, 0) is 31.2 Å². The number of carbonyl (C=O) groups excluding carboxylic acids is 1. The molecular formula is C21H20N4O3. The van der Waals surface area contributed by atoms with Crippen LogP contribution in [0.15, 0.2) is 60.9 Å². The van der Waals surface area contributed by atoms with Gasteiger partial charge in [-0.1, -0.05) is 18.2 Å². The summed E-state index contributed by atoms with van der Waals surface area (Å²) in [5.74, 6) is 1.77. The highest BCUT2D eigenvalue weighted by Crippen LogP contribution is 2.33. The highest BCUT2D eigenvalue weighted by atomic mass is 16.6. The lowest BCUT2D eigenvalue weighted by Crippen LogP contribution is -2.31. The van der Waals surface area contributed by atoms with E-state index in [1.807, 2.05) is 55.5 Å². The van der Waals surface area contributed by atoms with Gasteiger partial charge in [0.15, 0.2) is 11.5 Å². The number of fused-ring (bicyclic) bond motifs is 1. The van der Waals surface area contributed by atoms with Crippen LogP contribution in [0.25, 0.3) is 0 Å². The second-order valence-electron chi connectivity index (χ2n) is 6.16. The molecule has 1 N–H and O–H groups in total. The minimum absolute atomic E-state index is 0.188. The molecule has 0 radical (unpaired) electrons. The Morgan fingerprint density at radius 1 is 1.04 bits per heavy atom. The fourth-order valence-electron chi connectivity index (χ4n) is 2.96. The summed E-state index contributed by atoms with van der Waals surface area (Å²) < 4.78 is 11.1.